The molecule has 3 fully saturated rings. The lowest BCUT2D eigenvalue weighted by molar-refractivity contribution is 0.0838. The SMILES string of the molecule is CCC(CO)NC(=O)c1ccc(-c2nc(Nc3ccc4[nH]ncc4c3C3CC3c3cc(Nc4nc(-c5ccc(C(=O)NC6(CO)CCCC6)cc5)nn4C)c(C4CC4)c4cn[nH]c34)n(C)n2)cc1. The van der Waals surface area contributed by atoms with Crippen molar-refractivity contribution in [2.24, 2.45) is 14.1 Å². The van der Waals surface area contributed by atoms with Crippen LogP contribution < -0.4 is 21.3 Å². The smallest absolute Gasteiger partial charge is 0.251 e. The fourth-order valence-electron chi connectivity index (χ4n) is 10.0. The standard InChI is InChI=1S/C50H54N14O4/c1-4-32(25-65)53-46(67)30-13-9-28(10-14-30)44-56-48(63(2)61-44)54-39-18-17-38-36(23-51-59-38)42(39)34-21-33(34)35-22-40(41(27-7-8-27)37-24-52-60-43(35)37)55-49-57-45(62-64(49)3)29-11-15-31(16-12-29)47(68)58-50(26-66)19-5-6-20-50/h9-18,22-24,27,32-34,65-66H,4-8,19-21,25-26H2,1-3H3,(H,51,59)(H,52,60)(H,53,67)(H,58,68)(H,54,56,61)(H,55,57,62). The van der Waals surface area contributed by atoms with Crippen LogP contribution in [0.3, 0.4) is 0 Å². The topological polar surface area (TPSA) is 242 Å². The Kier molecular flexibility index (Phi) is 11.0. The third-order valence-electron chi connectivity index (χ3n) is 14.1. The number of carbonyl (C=O) groups is 2. The summed E-state index contributed by atoms with van der Waals surface area (Å²) in [6.45, 7) is 1.74. The summed E-state index contributed by atoms with van der Waals surface area (Å²) in [6, 6.07) is 20.5. The van der Waals surface area contributed by atoms with E-state index >= 15 is 0 Å². The minimum Gasteiger partial charge on any atom is -0.394 e. The maximum absolute atomic E-state index is 13.2. The first-order valence-corrected chi connectivity index (χ1v) is 23.5. The zero-order valence-corrected chi connectivity index (χ0v) is 38.2. The van der Waals surface area contributed by atoms with Gasteiger partial charge in [0, 0.05) is 58.5 Å². The second-order valence-corrected chi connectivity index (χ2v) is 18.7. The number of amides is 2. The second-order valence-electron chi connectivity index (χ2n) is 18.7. The number of aryl methyl sites for hydroxylation is 2. The molecule has 18 heteroatoms. The molecule has 3 aliphatic rings. The number of nitrogens with zero attached hydrogens (tertiary/aromatic N) is 8. The molecule has 3 unspecified atom stereocenters. The van der Waals surface area contributed by atoms with Crippen LogP contribution in [0.5, 0.6) is 0 Å². The molecule has 18 nitrogen and oxygen atoms in total. The first kappa shape index (κ1) is 43.1. The largest absolute Gasteiger partial charge is 0.394 e. The van der Waals surface area contributed by atoms with Gasteiger partial charge in [-0.2, -0.15) is 20.2 Å². The highest BCUT2D eigenvalue weighted by Crippen LogP contribution is 2.60. The fourth-order valence-corrected chi connectivity index (χ4v) is 10.0. The van der Waals surface area contributed by atoms with E-state index in [9.17, 15) is 19.8 Å². The Hall–Kier alpha value is -7.44. The normalized spacial score (nSPS) is 18.0. The number of benzene rings is 4. The average molecular weight is 915 g/mol. The molecule has 2 amide bonds. The second kappa shape index (κ2) is 17.3. The van der Waals surface area contributed by atoms with E-state index in [1.165, 1.54) is 5.56 Å². The summed E-state index contributed by atoms with van der Waals surface area (Å²) in [5, 5.41) is 60.0. The van der Waals surface area contributed by atoms with Crippen molar-refractivity contribution < 1.29 is 19.8 Å². The van der Waals surface area contributed by atoms with Crippen molar-refractivity contribution >= 4 is 56.9 Å². The zero-order valence-electron chi connectivity index (χ0n) is 38.2. The van der Waals surface area contributed by atoms with E-state index in [1.54, 1.807) is 33.6 Å². The predicted molar refractivity (Wildman–Crippen MR) is 258 cm³/mol. The van der Waals surface area contributed by atoms with Crippen LogP contribution >= 0.6 is 0 Å². The average Bonchev–Trinajstić information content (AvgIpc) is 3.94. The molecule has 3 aliphatic carbocycles. The lowest BCUT2D eigenvalue weighted by Crippen LogP contribution is -2.49. The molecule has 0 aliphatic heterocycles. The molecular weight excluding hydrogens is 861 g/mol. The van der Waals surface area contributed by atoms with E-state index < -0.39 is 5.54 Å². The third-order valence-corrected chi connectivity index (χ3v) is 14.1. The molecule has 0 bridgehead atoms. The van der Waals surface area contributed by atoms with E-state index in [1.807, 2.05) is 63.7 Å². The summed E-state index contributed by atoms with van der Waals surface area (Å²) in [5.74, 6) is 2.48. The molecule has 4 aromatic carbocycles. The van der Waals surface area contributed by atoms with Gasteiger partial charge in [-0.25, -0.2) is 9.36 Å². The first-order chi connectivity index (χ1) is 33.1. The van der Waals surface area contributed by atoms with Crippen LogP contribution in [-0.2, 0) is 14.1 Å². The maximum Gasteiger partial charge on any atom is 0.251 e. The van der Waals surface area contributed by atoms with E-state index in [2.05, 4.69) is 53.8 Å². The highest BCUT2D eigenvalue weighted by atomic mass is 16.3. The Balaban J connectivity index is 0.857. The van der Waals surface area contributed by atoms with Crippen molar-refractivity contribution in [3.63, 3.8) is 0 Å². The first-order valence-electron chi connectivity index (χ1n) is 23.5. The van der Waals surface area contributed by atoms with Gasteiger partial charge in [-0.15, -0.1) is 10.2 Å². The maximum atomic E-state index is 13.2. The summed E-state index contributed by atoms with van der Waals surface area (Å²) < 4.78 is 3.47. The third kappa shape index (κ3) is 8.02. The van der Waals surface area contributed by atoms with Crippen LogP contribution in [0.4, 0.5) is 23.3 Å². The molecule has 4 heterocycles. The number of hydrogen-bond acceptors (Lipinski definition) is 12. The number of aromatic amines is 2. The van der Waals surface area contributed by atoms with Crippen LogP contribution in [0.25, 0.3) is 44.6 Å². The highest BCUT2D eigenvalue weighted by Gasteiger charge is 2.44. The van der Waals surface area contributed by atoms with Crippen molar-refractivity contribution in [3.05, 3.63) is 107 Å². The number of hydrogen-bond donors (Lipinski definition) is 8. The van der Waals surface area contributed by atoms with Gasteiger partial charge in [0.15, 0.2) is 11.6 Å². The minimum absolute atomic E-state index is 0.0631. The number of anilines is 4. The molecule has 3 atom stereocenters. The van der Waals surface area contributed by atoms with Crippen molar-refractivity contribution in [2.75, 3.05) is 23.8 Å². The number of nitrogens with one attached hydrogen (secondary N) is 6. The quantitative estimate of drug-likeness (QED) is 0.0480. The van der Waals surface area contributed by atoms with Gasteiger partial charge in [0.1, 0.15) is 0 Å². The van der Waals surface area contributed by atoms with Gasteiger partial charge >= 0.3 is 0 Å². The Morgan fingerprint density at radius 2 is 1.38 bits per heavy atom. The lowest BCUT2D eigenvalue weighted by Gasteiger charge is -2.28. The Morgan fingerprint density at radius 3 is 2.00 bits per heavy atom. The summed E-state index contributed by atoms with van der Waals surface area (Å²) >= 11 is 0. The predicted octanol–water partition coefficient (Wildman–Crippen LogP) is 7.20. The molecule has 0 spiro atoms. The number of H-pyrrole nitrogens is 2. The molecule has 4 aromatic heterocycles. The van der Waals surface area contributed by atoms with Gasteiger partial charge in [-0.1, -0.05) is 44.0 Å². The van der Waals surface area contributed by atoms with Crippen molar-refractivity contribution in [2.45, 2.75) is 87.6 Å². The molecular formula is C50H54N14O4. The minimum atomic E-state index is -0.546. The number of aromatic nitrogens is 10. The van der Waals surface area contributed by atoms with Gasteiger partial charge in [0.2, 0.25) is 11.9 Å². The summed E-state index contributed by atoms with van der Waals surface area (Å²) in [4.78, 5) is 35.8. The molecule has 0 saturated heterocycles. The van der Waals surface area contributed by atoms with Gasteiger partial charge in [-0.3, -0.25) is 19.8 Å². The molecule has 68 heavy (non-hydrogen) atoms. The number of rotatable bonds is 16. The van der Waals surface area contributed by atoms with E-state index in [0.717, 1.165) is 100 Å². The molecule has 3 saturated carbocycles. The molecule has 348 valence electrons. The lowest BCUT2D eigenvalue weighted by atomic mass is 9.94. The van der Waals surface area contributed by atoms with Crippen LogP contribution in [0, 0.1) is 0 Å². The van der Waals surface area contributed by atoms with Crippen LogP contribution in [0.15, 0.2) is 79.1 Å². The molecule has 0 radical (unpaired) electrons. The number of aliphatic hydroxyl groups is 2. The number of fused-ring (bicyclic) bond motifs is 2. The summed E-state index contributed by atoms with van der Waals surface area (Å²) in [5.41, 5.74) is 9.42. The van der Waals surface area contributed by atoms with E-state index in [0.29, 0.717) is 47.0 Å². The fraction of sp³-hybridized carbons (Fsp3) is 0.360. The van der Waals surface area contributed by atoms with Gasteiger partial charge < -0.3 is 31.5 Å². The van der Waals surface area contributed by atoms with Gasteiger partial charge in [0.05, 0.1) is 48.2 Å². The van der Waals surface area contributed by atoms with E-state index in [-0.39, 0.29) is 42.9 Å². The van der Waals surface area contributed by atoms with Crippen molar-refractivity contribution in [1.82, 2.24) is 60.6 Å². The van der Waals surface area contributed by atoms with Crippen LogP contribution in [0.2, 0.25) is 0 Å². The Morgan fingerprint density at radius 1 is 0.765 bits per heavy atom. The van der Waals surface area contributed by atoms with E-state index in [4.69, 9.17) is 20.2 Å². The van der Waals surface area contributed by atoms with Crippen LogP contribution in [0.1, 0.15) is 113 Å². The number of aliphatic hydroxyl groups excluding tert-OH is 2. The Bertz CT molecular complexity index is 3170. The van der Waals surface area contributed by atoms with Crippen LogP contribution in [-0.4, -0.2) is 96.7 Å². The van der Waals surface area contributed by atoms with Crippen molar-refractivity contribution in [1.29, 1.82) is 0 Å². The van der Waals surface area contributed by atoms with Gasteiger partial charge in [-0.05, 0) is 115 Å². The molecule has 8 aromatic rings. The molecule has 8 N–H and O–H groups in total. The van der Waals surface area contributed by atoms with Crippen molar-refractivity contribution in [3.8, 4) is 22.8 Å². The summed E-state index contributed by atoms with van der Waals surface area (Å²) in [7, 11) is 3.73. The highest BCUT2D eigenvalue weighted by molar-refractivity contribution is 5.96. The van der Waals surface area contributed by atoms with Gasteiger partial charge in [0.25, 0.3) is 11.8 Å². The zero-order chi connectivity index (χ0) is 46.7. The Labute approximate surface area is 391 Å². The molecule has 11 rings (SSSR count). The number of carbonyl (C=O) groups excluding carboxylic acids is 2. The summed E-state index contributed by atoms with van der Waals surface area (Å²) in [6.07, 6.45) is 11.1. The monoisotopic (exact) mass is 914 g/mol.